The van der Waals surface area contributed by atoms with Gasteiger partial charge in [0.05, 0.1) is 123 Å². The van der Waals surface area contributed by atoms with Crippen LogP contribution in [-0.4, -0.2) is 138 Å². The number of carbonyl (C=O) groups is 2. The zero-order valence-corrected chi connectivity index (χ0v) is 40.8. The van der Waals surface area contributed by atoms with Crippen LogP contribution < -0.4 is 42.6 Å². The molecule has 67 heavy (non-hydrogen) atoms. The van der Waals surface area contributed by atoms with Gasteiger partial charge >= 0.3 is 11.9 Å². The number of hydrogen-bond donors (Lipinski definition) is 0. The highest BCUT2D eigenvalue weighted by Crippen LogP contribution is 2.52. The van der Waals surface area contributed by atoms with Crippen molar-refractivity contribution in [2.75, 3.05) is 117 Å². The molecule has 6 rings (SSSR count). The van der Waals surface area contributed by atoms with E-state index in [-0.39, 0.29) is 25.3 Å². The minimum Gasteiger partial charge on any atom is -0.493 e. The van der Waals surface area contributed by atoms with Gasteiger partial charge in [0, 0.05) is 55.1 Å². The fourth-order valence-corrected chi connectivity index (χ4v) is 9.86. The standard InChI is InChI=1S/C52H66N2O13/c1-53(24-20-35-30-44(61-7)45(62-8)33-38(35)39(53)28-34-14-16-40(57-3)42(29-34)59-5)22-12-26-66-47(55)18-19-48(56)67-27-13-23-54(2)25-21-36-31-46(63-9)51(64-10)52(65-11)49(36)50(54)37-15-17-41(58-4)43(32-37)60-6/h14-17,29-33,39,50H,12-13,20-28H2,1-11H3/q+2. The van der Waals surface area contributed by atoms with Crippen molar-refractivity contribution >= 4 is 11.9 Å². The van der Waals surface area contributed by atoms with Crippen molar-refractivity contribution in [3.8, 4) is 63.6 Å². The van der Waals surface area contributed by atoms with Gasteiger partial charge in [-0.2, -0.15) is 0 Å². The third-order valence-corrected chi connectivity index (χ3v) is 13.4. The Morgan fingerprint density at radius 3 is 1.61 bits per heavy atom. The largest absolute Gasteiger partial charge is 0.493 e. The molecule has 2 aliphatic rings. The van der Waals surface area contributed by atoms with Gasteiger partial charge in [-0.15, -0.1) is 0 Å². The van der Waals surface area contributed by atoms with Gasteiger partial charge in [-0.1, -0.05) is 6.07 Å². The molecule has 2 heterocycles. The molecule has 0 saturated heterocycles. The number of rotatable bonds is 20. The van der Waals surface area contributed by atoms with Crippen molar-refractivity contribution in [2.45, 2.75) is 44.2 Å². The molecule has 0 bridgehead atoms. The fourth-order valence-electron chi connectivity index (χ4n) is 9.86. The second-order valence-corrected chi connectivity index (χ2v) is 17.1. The Kier molecular flexibility index (Phi) is 16.6. The maximum absolute atomic E-state index is 12.8. The highest BCUT2D eigenvalue weighted by molar-refractivity contribution is 5.98. The molecule has 4 atom stereocenters. The van der Waals surface area contributed by atoms with Crippen molar-refractivity contribution in [2.24, 2.45) is 0 Å². The number of benzene rings is 4. The molecule has 0 saturated carbocycles. The van der Waals surface area contributed by atoms with Gasteiger partial charge in [0.1, 0.15) is 12.1 Å². The van der Waals surface area contributed by atoms with Crippen LogP contribution in [0.5, 0.6) is 51.7 Å². The first kappa shape index (κ1) is 49.9. The SMILES string of the molecule is COc1ccc(CC2c3cc(OC)c(OC)cc3CC[N+]2(C)CCCOC(=O)C#CC(=O)OCCC[N+]2(C)CCc3cc(OC)c(OC)c(OC)c3C2c2ccc(OC)c(OC)c2)cc1OC. The maximum Gasteiger partial charge on any atom is 0.384 e. The van der Waals surface area contributed by atoms with Gasteiger partial charge in [-0.05, 0) is 65.2 Å². The van der Waals surface area contributed by atoms with Crippen LogP contribution in [0.4, 0.5) is 0 Å². The predicted molar refractivity (Wildman–Crippen MR) is 251 cm³/mol. The molecule has 0 amide bonds. The number of fused-ring (bicyclic) bond motifs is 2. The Labute approximate surface area is 394 Å². The molecule has 2 aliphatic heterocycles. The fraction of sp³-hybridized carbons (Fsp3) is 0.462. The van der Waals surface area contributed by atoms with Crippen molar-refractivity contribution in [1.82, 2.24) is 0 Å². The van der Waals surface area contributed by atoms with E-state index < -0.39 is 11.9 Å². The molecule has 15 nitrogen and oxygen atoms in total. The van der Waals surface area contributed by atoms with E-state index in [1.54, 1.807) is 64.0 Å². The van der Waals surface area contributed by atoms with Crippen LogP contribution in [0.3, 0.4) is 0 Å². The molecule has 0 aromatic heterocycles. The van der Waals surface area contributed by atoms with Crippen LogP contribution in [0.15, 0.2) is 54.6 Å². The minimum atomic E-state index is -0.798. The number of nitrogens with zero attached hydrogens (tertiary/aromatic N) is 2. The van der Waals surface area contributed by atoms with Crippen molar-refractivity contribution in [3.63, 3.8) is 0 Å². The molecule has 0 fully saturated rings. The van der Waals surface area contributed by atoms with Gasteiger partial charge in [0.15, 0.2) is 46.0 Å². The first-order valence-corrected chi connectivity index (χ1v) is 22.4. The van der Waals surface area contributed by atoms with Crippen LogP contribution in [0, 0.1) is 11.8 Å². The highest BCUT2D eigenvalue weighted by Gasteiger charge is 2.44. The summed E-state index contributed by atoms with van der Waals surface area (Å²) in [6, 6.07) is 17.9. The summed E-state index contributed by atoms with van der Waals surface area (Å²) in [4.78, 5) is 25.6. The third-order valence-electron chi connectivity index (χ3n) is 13.4. The van der Waals surface area contributed by atoms with Crippen molar-refractivity contribution < 1.29 is 70.7 Å². The molecular weight excluding hydrogens is 861 g/mol. The lowest BCUT2D eigenvalue weighted by atomic mass is 9.84. The monoisotopic (exact) mass is 926 g/mol. The van der Waals surface area contributed by atoms with E-state index in [1.807, 2.05) is 36.4 Å². The van der Waals surface area contributed by atoms with E-state index in [0.717, 1.165) is 61.2 Å². The number of methoxy groups -OCH3 is 9. The Morgan fingerprint density at radius 1 is 0.537 bits per heavy atom. The van der Waals surface area contributed by atoms with Gasteiger partial charge in [0.25, 0.3) is 0 Å². The summed E-state index contributed by atoms with van der Waals surface area (Å²) in [6.45, 7) is 3.24. The average molecular weight is 927 g/mol. The summed E-state index contributed by atoms with van der Waals surface area (Å²) < 4.78 is 63.6. The van der Waals surface area contributed by atoms with Gasteiger partial charge in [-0.25, -0.2) is 9.59 Å². The summed E-state index contributed by atoms with van der Waals surface area (Å²) in [5, 5.41) is 0. The number of ether oxygens (including phenoxy) is 11. The zero-order chi connectivity index (χ0) is 48.3. The lowest BCUT2D eigenvalue weighted by molar-refractivity contribution is -0.941. The highest BCUT2D eigenvalue weighted by atomic mass is 16.5. The smallest absolute Gasteiger partial charge is 0.384 e. The third kappa shape index (κ3) is 10.9. The molecule has 0 radical (unpaired) electrons. The molecular formula is C52H66N2O13+2. The Morgan fingerprint density at radius 2 is 1.03 bits per heavy atom. The molecule has 4 aromatic rings. The van der Waals surface area contributed by atoms with Crippen LogP contribution >= 0.6 is 0 Å². The molecule has 0 N–H and O–H groups in total. The van der Waals surface area contributed by atoms with Crippen LogP contribution in [0.1, 0.15) is 58.3 Å². The summed E-state index contributed by atoms with van der Waals surface area (Å²) in [6.07, 6.45) is 3.41. The molecule has 0 spiro atoms. The van der Waals surface area contributed by atoms with Crippen LogP contribution in [0.2, 0.25) is 0 Å². The summed E-state index contributed by atoms with van der Waals surface area (Å²) in [7, 11) is 19.0. The van der Waals surface area contributed by atoms with Crippen LogP contribution in [0.25, 0.3) is 0 Å². The van der Waals surface area contributed by atoms with Crippen molar-refractivity contribution in [3.05, 3.63) is 88.0 Å². The quantitative estimate of drug-likeness (QED) is 0.0306. The van der Waals surface area contributed by atoms with Crippen molar-refractivity contribution in [1.29, 1.82) is 0 Å². The lowest BCUT2D eigenvalue weighted by Crippen LogP contribution is -2.52. The average Bonchev–Trinajstić information content (AvgIpc) is 3.35. The first-order valence-electron chi connectivity index (χ1n) is 22.4. The molecule has 360 valence electrons. The predicted octanol–water partition coefficient (Wildman–Crippen LogP) is 6.71. The van der Waals surface area contributed by atoms with Gasteiger partial charge in [-0.3, -0.25) is 0 Å². The first-order chi connectivity index (χ1) is 32.3. The number of quaternary nitrogens is 2. The number of likely N-dealkylation sites (N-methyl/N-ethyl adjacent to an activating group) is 2. The summed E-state index contributed by atoms with van der Waals surface area (Å²) in [5.74, 6) is 8.68. The van der Waals surface area contributed by atoms with E-state index in [2.05, 4.69) is 44.1 Å². The Hall–Kier alpha value is -6.50. The topological polar surface area (TPSA) is 136 Å². The molecule has 4 aromatic carbocycles. The van der Waals surface area contributed by atoms with Gasteiger partial charge < -0.3 is 61.1 Å². The number of esters is 2. The lowest BCUT2D eigenvalue weighted by Gasteiger charge is -2.46. The molecule has 4 unspecified atom stereocenters. The van der Waals surface area contributed by atoms with E-state index in [4.69, 9.17) is 52.1 Å². The van der Waals surface area contributed by atoms with Gasteiger partial charge in [0.2, 0.25) is 5.75 Å². The van der Waals surface area contributed by atoms with E-state index in [9.17, 15) is 9.59 Å². The summed E-state index contributed by atoms with van der Waals surface area (Å²) >= 11 is 0. The van der Waals surface area contributed by atoms with E-state index in [0.29, 0.717) is 80.1 Å². The molecule has 15 heteroatoms. The summed E-state index contributed by atoms with van der Waals surface area (Å²) in [5.41, 5.74) is 6.54. The van der Waals surface area contributed by atoms with E-state index in [1.165, 1.54) is 11.1 Å². The Bertz CT molecular complexity index is 2460. The second kappa shape index (κ2) is 22.3. The number of carbonyl (C=O) groups excluding carboxylic acids is 2. The van der Waals surface area contributed by atoms with Crippen LogP contribution in [-0.2, 0) is 38.3 Å². The Balaban J connectivity index is 1.08. The zero-order valence-electron chi connectivity index (χ0n) is 40.8. The molecule has 0 aliphatic carbocycles. The maximum atomic E-state index is 12.8. The minimum absolute atomic E-state index is 0.0505. The second-order valence-electron chi connectivity index (χ2n) is 17.1. The number of hydrogen-bond acceptors (Lipinski definition) is 13. The normalized spacial score (nSPS) is 19.3. The van der Waals surface area contributed by atoms with E-state index >= 15 is 0 Å².